The highest BCUT2D eigenvalue weighted by molar-refractivity contribution is 7.15. The van der Waals surface area contributed by atoms with Gasteiger partial charge >= 0.3 is 5.97 Å². The molecule has 1 aliphatic carbocycles. The highest BCUT2D eigenvalue weighted by atomic mass is 32.1. The van der Waals surface area contributed by atoms with Gasteiger partial charge in [-0.05, 0) is 25.0 Å². The predicted molar refractivity (Wildman–Crippen MR) is 105 cm³/mol. The van der Waals surface area contributed by atoms with Crippen LogP contribution in [-0.2, 0) is 16.0 Å². The van der Waals surface area contributed by atoms with E-state index in [0.717, 1.165) is 29.3 Å². The number of methoxy groups -OCH3 is 1. The Balaban J connectivity index is 1.82. The van der Waals surface area contributed by atoms with Gasteiger partial charge in [-0.1, -0.05) is 31.4 Å². The number of carbonyl (C=O) groups is 1. The molecule has 0 bridgehead atoms. The molecule has 0 radical (unpaired) electrons. The van der Waals surface area contributed by atoms with Crippen molar-refractivity contribution in [2.75, 3.05) is 12.4 Å². The van der Waals surface area contributed by atoms with E-state index in [4.69, 9.17) is 4.74 Å². The number of ether oxygens (including phenoxy) is 1. The summed E-state index contributed by atoms with van der Waals surface area (Å²) in [5.41, 5.74) is 1.86. The van der Waals surface area contributed by atoms with Crippen molar-refractivity contribution in [1.82, 2.24) is 9.38 Å². The summed E-state index contributed by atoms with van der Waals surface area (Å²) in [5.74, 6) is 0.158. The van der Waals surface area contributed by atoms with Gasteiger partial charge in [0.15, 0.2) is 4.96 Å². The summed E-state index contributed by atoms with van der Waals surface area (Å²) in [6.45, 7) is 0. The molecule has 2 aromatic heterocycles. The molecule has 0 saturated heterocycles. The van der Waals surface area contributed by atoms with Gasteiger partial charge in [0.05, 0.1) is 13.5 Å². The number of nitrogens with one attached hydrogen (secondary N) is 1. The van der Waals surface area contributed by atoms with E-state index in [-0.39, 0.29) is 18.2 Å². The van der Waals surface area contributed by atoms with Gasteiger partial charge in [-0.15, -0.1) is 11.3 Å². The van der Waals surface area contributed by atoms with Gasteiger partial charge in [-0.25, -0.2) is 9.37 Å². The van der Waals surface area contributed by atoms with Crippen molar-refractivity contribution in [3.63, 3.8) is 0 Å². The number of esters is 1. The fourth-order valence-corrected chi connectivity index (χ4v) is 4.56. The van der Waals surface area contributed by atoms with E-state index in [2.05, 4.69) is 10.3 Å². The number of aromatic nitrogens is 2. The largest absolute Gasteiger partial charge is 0.469 e. The Morgan fingerprint density at radius 2 is 2.11 bits per heavy atom. The molecule has 3 aromatic rings. The van der Waals surface area contributed by atoms with Crippen LogP contribution in [0.2, 0.25) is 0 Å². The van der Waals surface area contributed by atoms with Crippen molar-refractivity contribution in [3.8, 4) is 11.3 Å². The fraction of sp³-hybridized carbons (Fsp3) is 0.400. The zero-order valence-corrected chi connectivity index (χ0v) is 16.0. The van der Waals surface area contributed by atoms with Crippen LogP contribution in [0.25, 0.3) is 16.2 Å². The Bertz CT molecular complexity index is 959. The van der Waals surface area contributed by atoms with E-state index >= 15 is 0 Å². The van der Waals surface area contributed by atoms with Gasteiger partial charge in [-0.3, -0.25) is 9.20 Å². The van der Waals surface area contributed by atoms with Gasteiger partial charge in [0.2, 0.25) is 0 Å². The van der Waals surface area contributed by atoms with Crippen molar-refractivity contribution in [1.29, 1.82) is 0 Å². The number of nitrogens with zero attached hydrogens (tertiary/aromatic N) is 2. The molecule has 27 heavy (non-hydrogen) atoms. The summed E-state index contributed by atoms with van der Waals surface area (Å²) in [7, 11) is 1.38. The maximum absolute atomic E-state index is 14.5. The highest BCUT2D eigenvalue weighted by Gasteiger charge is 2.24. The lowest BCUT2D eigenvalue weighted by molar-refractivity contribution is -0.139. The Kier molecular flexibility index (Phi) is 5.11. The van der Waals surface area contributed by atoms with Crippen molar-refractivity contribution < 1.29 is 13.9 Å². The van der Waals surface area contributed by atoms with Gasteiger partial charge in [0.25, 0.3) is 0 Å². The van der Waals surface area contributed by atoms with E-state index < -0.39 is 0 Å². The molecule has 1 N–H and O–H groups in total. The van der Waals surface area contributed by atoms with E-state index in [9.17, 15) is 9.18 Å². The lowest BCUT2D eigenvalue weighted by atomic mass is 9.95. The lowest BCUT2D eigenvalue weighted by Crippen LogP contribution is -2.23. The Hall–Kier alpha value is -2.41. The first-order valence-corrected chi connectivity index (χ1v) is 10.1. The minimum atomic E-state index is -0.306. The van der Waals surface area contributed by atoms with Crippen LogP contribution in [0.1, 0.15) is 37.8 Å². The first kappa shape index (κ1) is 18.0. The summed E-state index contributed by atoms with van der Waals surface area (Å²) in [5, 5.41) is 5.52. The number of benzene rings is 1. The zero-order chi connectivity index (χ0) is 18.8. The van der Waals surface area contributed by atoms with E-state index in [0.29, 0.717) is 17.3 Å². The molecular weight excluding hydrogens is 365 g/mol. The first-order chi connectivity index (χ1) is 13.2. The summed E-state index contributed by atoms with van der Waals surface area (Å²) in [6.07, 6.45) is 5.95. The van der Waals surface area contributed by atoms with E-state index in [1.54, 1.807) is 12.1 Å². The number of fused-ring (bicyclic) bond motifs is 1. The number of rotatable bonds is 5. The third-order valence-corrected chi connectivity index (χ3v) is 5.94. The molecule has 2 heterocycles. The molecule has 0 unspecified atom stereocenters. The maximum Gasteiger partial charge on any atom is 0.311 e. The summed E-state index contributed by atoms with van der Waals surface area (Å²) in [6, 6.07) is 7.01. The van der Waals surface area contributed by atoms with Crippen molar-refractivity contribution in [2.45, 2.75) is 44.6 Å². The highest BCUT2D eigenvalue weighted by Crippen LogP contribution is 2.35. The van der Waals surface area contributed by atoms with Crippen LogP contribution in [0, 0.1) is 5.82 Å². The van der Waals surface area contributed by atoms with Gasteiger partial charge in [-0.2, -0.15) is 0 Å². The number of hydrogen-bond donors (Lipinski definition) is 1. The molecule has 7 heteroatoms. The van der Waals surface area contributed by atoms with Crippen LogP contribution in [0.5, 0.6) is 0 Å². The van der Waals surface area contributed by atoms with Gasteiger partial charge in [0.1, 0.15) is 17.3 Å². The zero-order valence-electron chi connectivity index (χ0n) is 15.2. The van der Waals surface area contributed by atoms with Crippen LogP contribution in [-0.4, -0.2) is 28.5 Å². The van der Waals surface area contributed by atoms with Crippen molar-refractivity contribution in [3.05, 3.63) is 41.2 Å². The van der Waals surface area contributed by atoms with Crippen molar-refractivity contribution in [2.24, 2.45) is 0 Å². The Morgan fingerprint density at radius 3 is 2.85 bits per heavy atom. The minimum absolute atomic E-state index is 0.156. The van der Waals surface area contributed by atoms with Crippen LogP contribution in [0.15, 0.2) is 29.6 Å². The lowest BCUT2D eigenvalue weighted by Gasteiger charge is -2.24. The average Bonchev–Trinajstić information content (AvgIpc) is 3.23. The minimum Gasteiger partial charge on any atom is -0.469 e. The third kappa shape index (κ3) is 3.56. The molecule has 1 saturated carbocycles. The smallest absolute Gasteiger partial charge is 0.311 e. The monoisotopic (exact) mass is 387 g/mol. The molecule has 1 fully saturated rings. The molecule has 0 aliphatic heterocycles. The fourth-order valence-electron chi connectivity index (χ4n) is 3.67. The second kappa shape index (κ2) is 7.68. The van der Waals surface area contributed by atoms with Crippen LogP contribution in [0.3, 0.4) is 0 Å². The molecule has 1 aromatic carbocycles. The van der Waals surface area contributed by atoms with Gasteiger partial charge < -0.3 is 10.1 Å². The number of carbonyl (C=O) groups excluding carboxylic acids is 1. The van der Waals surface area contributed by atoms with E-state index in [1.807, 2.05) is 15.8 Å². The standard InChI is InChI=1S/C20H22FN3O2S/c1-26-17(25)11-14-12-27-20-23-18(15-9-5-6-10-16(15)21)19(24(14)20)22-13-7-3-2-4-8-13/h5-6,9-10,12-13,22H,2-4,7-8,11H2,1H3. The Morgan fingerprint density at radius 1 is 1.33 bits per heavy atom. The maximum atomic E-state index is 14.5. The molecule has 142 valence electrons. The number of hydrogen-bond acceptors (Lipinski definition) is 5. The topological polar surface area (TPSA) is 55.6 Å². The number of halogens is 1. The SMILES string of the molecule is COC(=O)Cc1csc2nc(-c3ccccc3F)c(NC3CCCCC3)n12. The molecule has 0 atom stereocenters. The normalized spacial score (nSPS) is 15.2. The van der Waals surface area contributed by atoms with Crippen LogP contribution < -0.4 is 5.32 Å². The summed E-state index contributed by atoms with van der Waals surface area (Å²) >= 11 is 1.45. The number of thiazole rings is 1. The van der Waals surface area contributed by atoms with Crippen LogP contribution >= 0.6 is 11.3 Å². The molecule has 4 rings (SSSR count). The second-order valence-corrected chi connectivity index (χ2v) is 7.70. The number of imidazole rings is 1. The van der Waals surface area contributed by atoms with Crippen molar-refractivity contribution >= 4 is 28.1 Å². The molecule has 0 amide bonds. The second-order valence-electron chi connectivity index (χ2n) is 6.87. The number of anilines is 1. The first-order valence-electron chi connectivity index (χ1n) is 9.24. The predicted octanol–water partition coefficient (Wildman–Crippen LogP) is 4.66. The molecule has 0 spiro atoms. The molecular formula is C20H22FN3O2S. The van der Waals surface area contributed by atoms with Gasteiger partial charge in [0, 0.05) is 22.7 Å². The summed E-state index contributed by atoms with van der Waals surface area (Å²) < 4.78 is 21.3. The Labute approximate surface area is 161 Å². The quantitative estimate of drug-likeness (QED) is 0.647. The van der Waals surface area contributed by atoms with E-state index in [1.165, 1.54) is 43.8 Å². The summed E-state index contributed by atoms with van der Waals surface area (Å²) in [4.78, 5) is 17.3. The third-order valence-electron chi connectivity index (χ3n) is 5.06. The molecule has 5 nitrogen and oxygen atoms in total. The van der Waals surface area contributed by atoms with Crippen LogP contribution in [0.4, 0.5) is 10.2 Å². The average molecular weight is 387 g/mol. The molecule has 1 aliphatic rings.